The summed E-state index contributed by atoms with van der Waals surface area (Å²) in [6, 6.07) is 0. The Balaban J connectivity index is 1.61. The molecule has 0 aromatic rings. The van der Waals surface area contributed by atoms with Crippen LogP contribution in [0.1, 0.15) is 46.5 Å². The van der Waals surface area contributed by atoms with Crippen LogP contribution in [0.5, 0.6) is 0 Å². The van der Waals surface area contributed by atoms with Crippen LogP contribution in [0.4, 0.5) is 0 Å². The number of nitrogens with zero attached hydrogens (tertiary/aromatic N) is 3. The largest absolute Gasteiger partial charge is 0.336 e. The van der Waals surface area contributed by atoms with Gasteiger partial charge in [0, 0.05) is 30.6 Å². The third-order valence-electron chi connectivity index (χ3n) is 4.97. The van der Waals surface area contributed by atoms with Gasteiger partial charge in [-0.2, -0.15) is 0 Å². The fraction of sp³-hybridized carbons (Fsp3) is 0.667. The van der Waals surface area contributed by atoms with Crippen LogP contribution in [-0.2, 0) is 4.79 Å². The summed E-state index contributed by atoms with van der Waals surface area (Å²) < 4.78 is 0. The van der Waals surface area contributed by atoms with E-state index in [1.54, 1.807) is 11.8 Å². The topological polar surface area (TPSA) is 35.9 Å². The minimum atomic E-state index is 0.244. The fourth-order valence-corrected chi connectivity index (χ4v) is 4.49. The van der Waals surface area contributed by atoms with Crippen molar-refractivity contribution >= 4 is 22.8 Å². The quantitative estimate of drug-likeness (QED) is 0.721. The molecule has 0 saturated carbocycles. The molecule has 4 nitrogen and oxygen atoms in total. The number of piperidine rings is 1. The summed E-state index contributed by atoms with van der Waals surface area (Å²) in [6.07, 6.45) is 6.29. The number of fused-ring (bicyclic) bond motifs is 1. The third kappa shape index (κ3) is 3.82. The maximum atomic E-state index is 12.4. The van der Waals surface area contributed by atoms with E-state index in [2.05, 4.69) is 47.0 Å². The standard InChI is InChI=1S/C18H27N3OS/c1-14(2)5-4-7-18(3)8-6-16(22)20(13-18)11-15-12-23-17-19-9-10-21(15)17/h5,12H,4,6-11,13H2,1-3H3. The lowest BCUT2D eigenvalue weighted by Crippen LogP contribution is -2.47. The molecule has 0 radical (unpaired) electrons. The SMILES string of the molecule is CC(C)=CCCC1(C)CCC(=O)N(CC2=CSC3=NCCN23)C1. The Kier molecular flexibility index (Phi) is 4.85. The maximum absolute atomic E-state index is 12.4. The number of aliphatic imine (C=N–C) groups is 1. The Morgan fingerprint density at radius 2 is 2.30 bits per heavy atom. The molecule has 23 heavy (non-hydrogen) atoms. The summed E-state index contributed by atoms with van der Waals surface area (Å²) in [5.41, 5.74) is 2.87. The second-order valence-electron chi connectivity index (χ2n) is 7.42. The van der Waals surface area contributed by atoms with Crippen LogP contribution in [0, 0.1) is 5.41 Å². The van der Waals surface area contributed by atoms with Crippen LogP contribution in [0.2, 0.25) is 0 Å². The molecule has 0 aliphatic carbocycles. The molecule has 1 amide bonds. The molecule has 3 rings (SSSR count). The number of amides is 1. The molecule has 3 aliphatic rings. The predicted molar refractivity (Wildman–Crippen MR) is 97.3 cm³/mol. The lowest BCUT2D eigenvalue weighted by Gasteiger charge is -2.41. The number of amidine groups is 1. The first kappa shape index (κ1) is 16.6. The van der Waals surface area contributed by atoms with E-state index < -0.39 is 0 Å². The number of carbonyl (C=O) groups is 1. The van der Waals surface area contributed by atoms with Crippen molar-refractivity contribution < 1.29 is 4.79 Å². The second kappa shape index (κ2) is 6.71. The Morgan fingerprint density at radius 3 is 3.09 bits per heavy atom. The average Bonchev–Trinajstić information content (AvgIpc) is 3.08. The van der Waals surface area contributed by atoms with Crippen molar-refractivity contribution in [1.29, 1.82) is 0 Å². The Bertz CT molecular complexity index is 577. The van der Waals surface area contributed by atoms with E-state index in [0.717, 1.165) is 50.6 Å². The number of hydrogen-bond acceptors (Lipinski definition) is 4. The molecule has 5 heteroatoms. The number of likely N-dealkylation sites (tertiary alicyclic amines) is 1. The van der Waals surface area contributed by atoms with E-state index in [1.807, 2.05) is 0 Å². The van der Waals surface area contributed by atoms with Crippen molar-refractivity contribution in [3.63, 3.8) is 0 Å². The monoisotopic (exact) mass is 333 g/mol. The Labute approximate surface area is 143 Å². The highest BCUT2D eigenvalue weighted by molar-refractivity contribution is 8.16. The van der Waals surface area contributed by atoms with E-state index in [1.165, 1.54) is 11.3 Å². The lowest BCUT2D eigenvalue weighted by molar-refractivity contribution is -0.136. The van der Waals surface area contributed by atoms with Gasteiger partial charge in [0.05, 0.1) is 13.1 Å². The molecule has 0 N–H and O–H groups in total. The summed E-state index contributed by atoms with van der Waals surface area (Å²) in [4.78, 5) is 21.2. The van der Waals surface area contributed by atoms with Crippen molar-refractivity contribution in [2.24, 2.45) is 10.4 Å². The Morgan fingerprint density at radius 1 is 1.48 bits per heavy atom. The first-order chi connectivity index (χ1) is 11.0. The van der Waals surface area contributed by atoms with Gasteiger partial charge in [-0.3, -0.25) is 9.79 Å². The highest BCUT2D eigenvalue weighted by atomic mass is 32.2. The number of hydrogen-bond donors (Lipinski definition) is 0. The van der Waals surface area contributed by atoms with Gasteiger partial charge in [-0.05, 0) is 38.5 Å². The van der Waals surface area contributed by atoms with E-state index in [0.29, 0.717) is 12.3 Å². The zero-order valence-corrected chi connectivity index (χ0v) is 15.3. The van der Waals surface area contributed by atoms with E-state index in [-0.39, 0.29) is 5.41 Å². The molecule has 3 aliphatic heterocycles. The molecule has 0 aromatic carbocycles. The molecular formula is C18H27N3OS. The first-order valence-electron chi connectivity index (χ1n) is 8.56. The number of allylic oxidation sites excluding steroid dienone is 2. The highest BCUT2D eigenvalue weighted by Crippen LogP contribution is 2.36. The summed E-state index contributed by atoms with van der Waals surface area (Å²) in [6.45, 7) is 10.1. The molecule has 126 valence electrons. The smallest absolute Gasteiger partial charge is 0.222 e. The van der Waals surface area contributed by atoms with Gasteiger partial charge in [0.2, 0.25) is 5.91 Å². The number of carbonyl (C=O) groups excluding carboxylic acids is 1. The summed E-state index contributed by atoms with van der Waals surface area (Å²) >= 11 is 1.70. The number of rotatable bonds is 5. The average molecular weight is 334 g/mol. The van der Waals surface area contributed by atoms with Crippen molar-refractivity contribution in [3.8, 4) is 0 Å². The van der Waals surface area contributed by atoms with Gasteiger partial charge < -0.3 is 9.80 Å². The van der Waals surface area contributed by atoms with Gasteiger partial charge >= 0.3 is 0 Å². The molecule has 0 aromatic heterocycles. The normalized spacial score (nSPS) is 27.0. The summed E-state index contributed by atoms with van der Waals surface area (Å²) in [7, 11) is 0. The lowest BCUT2D eigenvalue weighted by atomic mass is 9.77. The van der Waals surface area contributed by atoms with Gasteiger partial charge in [0.15, 0.2) is 5.17 Å². The van der Waals surface area contributed by atoms with Crippen molar-refractivity contribution in [2.75, 3.05) is 26.2 Å². The van der Waals surface area contributed by atoms with Crippen LogP contribution in [0.3, 0.4) is 0 Å². The van der Waals surface area contributed by atoms with E-state index in [9.17, 15) is 4.79 Å². The van der Waals surface area contributed by atoms with Crippen molar-refractivity contribution in [3.05, 3.63) is 22.8 Å². The van der Waals surface area contributed by atoms with Crippen LogP contribution in [-0.4, -0.2) is 47.1 Å². The fourth-order valence-electron chi connectivity index (χ4n) is 3.55. The van der Waals surface area contributed by atoms with Crippen LogP contribution in [0.25, 0.3) is 0 Å². The second-order valence-corrected chi connectivity index (χ2v) is 8.26. The molecule has 1 saturated heterocycles. The molecule has 1 unspecified atom stereocenters. The number of thioether (sulfide) groups is 1. The van der Waals surface area contributed by atoms with Crippen LogP contribution < -0.4 is 0 Å². The molecule has 3 heterocycles. The van der Waals surface area contributed by atoms with E-state index in [4.69, 9.17) is 0 Å². The molecule has 1 fully saturated rings. The van der Waals surface area contributed by atoms with Crippen LogP contribution >= 0.6 is 11.8 Å². The van der Waals surface area contributed by atoms with Crippen molar-refractivity contribution in [2.45, 2.75) is 46.5 Å². The minimum Gasteiger partial charge on any atom is -0.336 e. The van der Waals surface area contributed by atoms with E-state index >= 15 is 0 Å². The Hall–Kier alpha value is -1.23. The van der Waals surface area contributed by atoms with Gasteiger partial charge in [-0.15, -0.1) is 0 Å². The summed E-state index contributed by atoms with van der Waals surface area (Å²) in [5.74, 6) is 0.306. The third-order valence-corrected chi connectivity index (χ3v) is 5.92. The van der Waals surface area contributed by atoms with Gasteiger partial charge in [-0.25, -0.2) is 0 Å². The molecule has 1 atom stereocenters. The van der Waals surface area contributed by atoms with Crippen LogP contribution in [0.15, 0.2) is 27.7 Å². The maximum Gasteiger partial charge on any atom is 0.222 e. The van der Waals surface area contributed by atoms with Gasteiger partial charge in [0.25, 0.3) is 0 Å². The zero-order chi connectivity index (χ0) is 16.4. The minimum absolute atomic E-state index is 0.244. The van der Waals surface area contributed by atoms with Gasteiger partial charge in [-0.1, -0.05) is 30.3 Å². The zero-order valence-electron chi connectivity index (χ0n) is 14.5. The molecule has 0 spiro atoms. The first-order valence-corrected chi connectivity index (χ1v) is 9.44. The van der Waals surface area contributed by atoms with Crippen molar-refractivity contribution in [1.82, 2.24) is 9.80 Å². The predicted octanol–water partition coefficient (Wildman–Crippen LogP) is 3.62. The highest BCUT2D eigenvalue weighted by Gasteiger charge is 2.36. The van der Waals surface area contributed by atoms with Gasteiger partial charge in [0.1, 0.15) is 0 Å². The summed E-state index contributed by atoms with van der Waals surface area (Å²) in [5, 5.41) is 3.27. The molecule has 0 bridgehead atoms. The molecular weight excluding hydrogens is 306 g/mol.